The Kier molecular flexibility index (Phi) is 6.88. The predicted molar refractivity (Wildman–Crippen MR) is 80.3 cm³/mol. The van der Waals surface area contributed by atoms with E-state index in [4.69, 9.17) is 0 Å². The molecule has 3 atom stereocenters. The fourth-order valence-corrected chi connectivity index (χ4v) is 2.83. The third-order valence-corrected chi connectivity index (χ3v) is 4.11. The van der Waals surface area contributed by atoms with Gasteiger partial charge in [-0.15, -0.1) is 0 Å². The van der Waals surface area contributed by atoms with Crippen molar-refractivity contribution in [3.8, 4) is 0 Å². The molecular formula is C17H25F3O2. The molecule has 22 heavy (non-hydrogen) atoms. The third kappa shape index (κ3) is 4.02. The van der Waals surface area contributed by atoms with E-state index in [9.17, 15) is 23.4 Å². The van der Waals surface area contributed by atoms with Crippen molar-refractivity contribution in [1.29, 1.82) is 0 Å². The molecular weight excluding hydrogens is 293 g/mol. The summed E-state index contributed by atoms with van der Waals surface area (Å²) in [4.78, 5) is 0. The number of rotatable bonds is 8. The lowest BCUT2D eigenvalue weighted by atomic mass is 9.77. The molecule has 1 unspecified atom stereocenters. The number of aliphatic hydroxyl groups is 2. The van der Waals surface area contributed by atoms with Crippen molar-refractivity contribution < 1.29 is 23.4 Å². The topological polar surface area (TPSA) is 40.5 Å². The molecule has 0 aliphatic rings. The van der Waals surface area contributed by atoms with Crippen LogP contribution in [0.4, 0.5) is 13.2 Å². The summed E-state index contributed by atoms with van der Waals surface area (Å²) in [7, 11) is 0. The minimum atomic E-state index is -4.94. The number of hydrogen-bond donors (Lipinski definition) is 2. The van der Waals surface area contributed by atoms with E-state index in [1.54, 1.807) is 6.07 Å². The zero-order valence-corrected chi connectivity index (χ0v) is 13.1. The lowest BCUT2D eigenvalue weighted by Crippen LogP contribution is -2.54. The first kappa shape index (κ1) is 19.0. The smallest absolute Gasteiger partial charge is 0.389 e. The standard InChI is InChI=1S/C17H25F3O2/c1-3-5-10-13(9-4-2)15(21)16(22,17(18,19)20)14-11-7-6-8-12-14/h6-8,11-13,15,21-22H,3-5,9-10H2,1-2H3/t13?,15-,16+/m1/s1. The molecule has 0 radical (unpaired) electrons. The van der Waals surface area contributed by atoms with Gasteiger partial charge in [0.25, 0.3) is 0 Å². The molecule has 0 fully saturated rings. The first-order chi connectivity index (χ1) is 10.3. The van der Waals surface area contributed by atoms with Crippen LogP contribution in [0.2, 0.25) is 0 Å². The molecule has 0 bridgehead atoms. The van der Waals surface area contributed by atoms with Crippen molar-refractivity contribution in [2.75, 3.05) is 0 Å². The highest BCUT2D eigenvalue weighted by Crippen LogP contribution is 2.45. The SMILES string of the molecule is CCCCC(CCC)[C@@H](O)[C@@](O)(c1ccccc1)C(F)(F)F. The van der Waals surface area contributed by atoms with E-state index in [1.165, 1.54) is 24.3 Å². The molecule has 0 aromatic heterocycles. The first-order valence-corrected chi connectivity index (χ1v) is 7.81. The summed E-state index contributed by atoms with van der Waals surface area (Å²) in [6, 6.07) is 6.85. The highest BCUT2D eigenvalue weighted by molar-refractivity contribution is 5.26. The Morgan fingerprint density at radius 3 is 2.05 bits per heavy atom. The molecule has 1 aromatic carbocycles. The Hall–Kier alpha value is -1.07. The fraction of sp³-hybridized carbons (Fsp3) is 0.647. The average Bonchev–Trinajstić information content (AvgIpc) is 2.49. The van der Waals surface area contributed by atoms with E-state index in [1.807, 2.05) is 13.8 Å². The van der Waals surface area contributed by atoms with Gasteiger partial charge in [0.1, 0.15) is 0 Å². The van der Waals surface area contributed by atoms with Gasteiger partial charge in [0.05, 0.1) is 6.10 Å². The summed E-state index contributed by atoms with van der Waals surface area (Å²) in [6.45, 7) is 3.81. The normalized spacial score (nSPS) is 17.8. The molecule has 0 spiro atoms. The Morgan fingerprint density at radius 2 is 1.59 bits per heavy atom. The van der Waals surface area contributed by atoms with Gasteiger partial charge in [-0.1, -0.05) is 63.4 Å². The summed E-state index contributed by atoms with van der Waals surface area (Å²) in [6.07, 6.45) is -3.67. The van der Waals surface area contributed by atoms with Gasteiger partial charge in [0.15, 0.2) is 0 Å². The average molecular weight is 318 g/mol. The molecule has 2 N–H and O–H groups in total. The van der Waals surface area contributed by atoms with E-state index in [0.29, 0.717) is 19.3 Å². The molecule has 0 saturated heterocycles. The molecule has 126 valence electrons. The van der Waals surface area contributed by atoms with Crippen LogP contribution in [0.5, 0.6) is 0 Å². The second kappa shape index (κ2) is 7.97. The molecule has 0 heterocycles. The zero-order valence-electron chi connectivity index (χ0n) is 13.1. The van der Waals surface area contributed by atoms with Crippen molar-refractivity contribution in [1.82, 2.24) is 0 Å². The van der Waals surface area contributed by atoms with Gasteiger partial charge in [-0.2, -0.15) is 13.2 Å². The molecule has 0 saturated carbocycles. The molecule has 1 rings (SSSR count). The van der Waals surface area contributed by atoms with E-state index in [0.717, 1.165) is 12.8 Å². The minimum Gasteiger partial charge on any atom is -0.389 e. The molecule has 5 heteroatoms. The van der Waals surface area contributed by atoms with Crippen LogP contribution in [0.1, 0.15) is 51.5 Å². The summed E-state index contributed by atoms with van der Waals surface area (Å²) in [5.74, 6) is -0.586. The van der Waals surface area contributed by atoms with Crippen LogP contribution >= 0.6 is 0 Å². The van der Waals surface area contributed by atoms with Crippen LogP contribution < -0.4 is 0 Å². The summed E-state index contributed by atoms with van der Waals surface area (Å²) >= 11 is 0. The number of hydrogen-bond acceptors (Lipinski definition) is 2. The van der Waals surface area contributed by atoms with Gasteiger partial charge in [-0.3, -0.25) is 0 Å². The predicted octanol–water partition coefficient (Wildman–Crippen LogP) is 4.40. The molecule has 1 aromatic rings. The van der Waals surface area contributed by atoms with Crippen molar-refractivity contribution in [2.24, 2.45) is 5.92 Å². The van der Waals surface area contributed by atoms with Gasteiger partial charge in [0, 0.05) is 0 Å². The summed E-state index contributed by atoms with van der Waals surface area (Å²) < 4.78 is 40.7. The van der Waals surface area contributed by atoms with Gasteiger partial charge in [-0.25, -0.2) is 0 Å². The summed E-state index contributed by atoms with van der Waals surface area (Å²) in [5, 5.41) is 20.8. The maximum Gasteiger partial charge on any atom is 0.424 e. The Bertz CT molecular complexity index is 433. The van der Waals surface area contributed by atoms with Crippen molar-refractivity contribution in [2.45, 2.75) is 63.8 Å². The third-order valence-electron chi connectivity index (χ3n) is 4.11. The van der Waals surface area contributed by atoms with E-state index in [-0.39, 0.29) is 5.56 Å². The van der Waals surface area contributed by atoms with E-state index in [2.05, 4.69) is 0 Å². The van der Waals surface area contributed by atoms with Crippen LogP contribution in [-0.4, -0.2) is 22.5 Å². The van der Waals surface area contributed by atoms with Crippen molar-refractivity contribution >= 4 is 0 Å². The van der Waals surface area contributed by atoms with Crippen LogP contribution in [0.3, 0.4) is 0 Å². The highest BCUT2D eigenvalue weighted by Gasteiger charge is 2.60. The zero-order chi connectivity index (χ0) is 16.8. The quantitative estimate of drug-likeness (QED) is 0.745. The highest BCUT2D eigenvalue weighted by atomic mass is 19.4. The van der Waals surface area contributed by atoms with E-state index >= 15 is 0 Å². The van der Waals surface area contributed by atoms with Crippen LogP contribution in [0, 0.1) is 5.92 Å². The molecule has 0 aliphatic heterocycles. The van der Waals surface area contributed by atoms with Crippen molar-refractivity contribution in [3.05, 3.63) is 35.9 Å². The Balaban J connectivity index is 3.20. The van der Waals surface area contributed by atoms with Crippen LogP contribution in [0.25, 0.3) is 0 Å². The number of aliphatic hydroxyl groups excluding tert-OH is 1. The van der Waals surface area contributed by atoms with Gasteiger partial charge < -0.3 is 10.2 Å². The van der Waals surface area contributed by atoms with Crippen LogP contribution in [-0.2, 0) is 5.60 Å². The molecule has 0 aliphatic carbocycles. The van der Waals surface area contributed by atoms with Gasteiger partial charge in [0.2, 0.25) is 5.60 Å². The number of halogens is 3. The maximum absolute atomic E-state index is 13.6. The lowest BCUT2D eigenvalue weighted by molar-refractivity contribution is -0.305. The lowest BCUT2D eigenvalue weighted by Gasteiger charge is -2.39. The largest absolute Gasteiger partial charge is 0.424 e. The minimum absolute atomic E-state index is 0.312. The maximum atomic E-state index is 13.6. The van der Waals surface area contributed by atoms with Gasteiger partial charge >= 0.3 is 6.18 Å². The second-order valence-corrected chi connectivity index (χ2v) is 5.77. The number of alkyl halides is 3. The summed E-state index contributed by atoms with van der Waals surface area (Å²) in [5.41, 5.74) is -3.55. The second-order valence-electron chi connectivity index (χ2n) is 5.77. The van der Waals surface area contributed by atoms with Crippen LogP contribution in [0.15, 0.2) is 30.3 Å². The monoisotopic (exact) mass is 318 g/mol. The fourth-order valence-electron chi connectivity index (χ4n) is 2.83. The molecule has 0 amide bonds. The first-order valence-electron chi connectivity index (χ1n) is 7.81. The number of benzene rings is 1. The molecule has 2 nitrogen and oxygen atoms in total. The Morgan fingerprint density at radius 1 is 1.00 bits per heavy atom. The Labute approximate surface area is 130 Å². The van der Waals surface area contributed by atoms with Crippen molar-refractivity contribution in [3.63, 3.8) is 0 Å². The van der Waals surface area contributed by atoms with Gasteiger partial charge in [-0.05, 0) is 24.3 Å². The van der Waals surface area contributed by atoms with E-state index < -0.39 is 23.8 Å². The number of unbranched alkanes of at least 4 members (excludes halogenated alkanes) is 1.